The summed E-state index contributed by atoms with van der Waals surface area (Å²) >= 11 is 0. The molecule has 2 aromatic rings. The van der Waals surface area contributed by atoms with Crippen LogP contribution in [-0.4, -0.2) is 32.6 Å². The lowest BCUT2D eigenvalue weighted by Crippen LogP contribution is -2.34. The summed E-state index contributed by atoms with van der Waals surface area (Å²) in [6.07, 6.45) is 3.35. The van der Waals surface area contributed by atoms with Crippen molar-refractivity contribution in [3.8, 4) is 5.75 Å². The van der Waals surface area contributed by atoms with Crippen LogP contribution >= 0.6 is 0 Å². The largest absolute Gasteiger partial charge is 0.488 e. The molecule has 23 heavy (non-hydrogen) atoms. The smallest absolute Gasteiger partial charge is 0.279 e. The van der Waals surface area contributed by atoms with Crippen LogP contribution in [0.3, 0.4) is 0 Å². The molecular weight excluding hydrogens is 314 g/mol. The number of hydrogen-bond donors (Lipinski definition) is 2. The first kappa shape index (κ1) is 15.8. The third kappa shape index (κ3) is 4.00. The van der Waals surface area contributed by atoms with Gasteiger partial charge in [0.05, 0.1) is 5.69 Å². The van der Waals surface area contributed by atoms with Gasteiger partial charge in [0.2, 0.25) is 0 Å². The number of benzene rings is 1. The van der Waals surface area contributed by atoms with Gasteiger partial charge in [-0.1, -0.05) is 18.2 Å². The third-order valence-electron chi connectivity index (χ3n) is 3.62. The highest BCUT2D eigenvalue weighted by Crippen LogP contribution is 2.28. The van der Waals surface area contributed by atoms with Crippen molar-refractivity contribution in [3.05, 3.63) is 48.7 Å². The van der Waals surface area contributed by atoms with E-state index in [2.05, 4.69) is 15.0 Å². The Hall–Kier alpha value is -2.12. The fourth-order valence-corrected chi connectivity index (χ4v) is 3.47. The second-order valence-corrected chi connectivity index (χ2v) is 6.97. The molecule has 1 fully saturated rings. The lowest BCUT2D eigenvalue weighted by atomic mass is 10.1. The summed E-state index contributed by atoms with van der Waals surface area (Å²) in [4.78, 5) is 3.89. The van der Waals surface area contributed by atoms with Crippen LogP contribution in [0, 0.1) is 0 Å². The predicted octanol–water partition coefficient (Wildman–Crippen LogP) is 2.01. The van der Waals surface area contributed by atoms with E-state index in [9.17, 15) is 8.42 Å². The highest BCUT2D eigenvalue weighted by Gasteiger charge is 2.20. The maximum Gasteiger partial charge on any atom is 0.279 e. The monoisotopic (exact) mass is 333 g/mol. The van der Waals surface area contributed by atoms with Crippen molar-refractivity contribution in [1.29, 1.82) is 0 Å². The Balaban J connectivity index is 1.80. The summed E-state index contributed by atoms with van der Waals surface area (Å²) < 4.78 is 33.4. The number of nitrogens with zero attached hydrogens (tertiary/aromatic N) is 1. The van der Waals surface area contributed by atoms with Gasteiger partial charge in [-0.25, -0.2) is 4.98 Å². The molecule has 1 aliphatic heterocycles. The minimum atomic E-state index is -3.73. The summed E-state index contributed by atoms with van der Waals surface area (Å²) in [5.74, 6) is 0.541. The molecule has 7 heteroatoms. The van der Waals surface area contributed by atoms with Gasteiger partial charge in [0.25, 0.3) is 10.0 Å². The molecule has 1 aromatic heterocycles. The number of rotatable bonds is 5. The van der Waals surface area contributed by atoms with Crippen molar-refractivity contribution in [2.45, 2.75) is 24.0 Å². The predicted molar refractivity (Wildman–Crippen MR) is 88.0 cm³/mol. The fraction of sp³-hybridized carbons (Fsp3) is 0.312. The Labute approximate surface area is 136 Å². The first-order chi connectivity index (χ1) is 11.1. The van der Waals surface area contributed by atoms with Gasteiger partial charge in [-0.05, 0) is 50.2 Å². The average Bonchev–Trinajstić information content (AvgIpc) is 2.58. The van der Waals surface area contributed by atoms with Crippen LogP contribution in [0.2, 0.25) is 0 Å². The minimum absolute atomic E-state index is 0.0170. The summed E-state index contributed by atoms with van der Waals surface area (Å²) in [5, 5.41) is 3.26. The van der Waals surface area contributed by atoms with E-state index < -0.39 is 10.0 Å². The van der Waals surface area contributed by atoms with Crippen LogP contribution in [0.5, 0.6) is 5.75 Å². The second kappa shape index (κ2) is 6.97. The first-order valence-electron chi connectivity index (χ1n) is 7.55. The molecule has 1 aromatic carbocycles. The van der Waals surface area contributed by atoms with Crippen LogP contribution in [-0.2, 0) is 10.0 Å². The van der Waals surface area contributed by atoms with E-state index in [1.807, 2.05) is 6.07 Å². The van der Waals surface area contributed by atoms with Crippen molar-refractivity contribution in [2.24, 2.45) is 0 Å². The normalized spacial score (nSPS) is 16.0. The van der Waals surface area contributed by atoms with Gasteiger partial charge in [0.15, 0.2) is 5.03 Å². The summed E-state index contributed by atoms with van der Waals surface area (Å²) in [6.45, 7) is 1.82. The van der Waals surface area contributed by atoms with Crippen molar-refractivity contribution in [3.63, 3.8) is 0 Å². The van der Waals surface area contributed by atoms with Gasteiger partial charge in [0.1, 0.15) is 11.9 Å². The van der Waals surface area contributed by atoms with Crippen LogP contribution in [0.25, 0.3) is 0 Å². The highest BCUT2D eigenvalue weighted by atomic mass is 32.2. The Morgan fingerprint density at radius 1 is 1.09 bits per heavy atom. The van der Waals surface area contributed by atoms with E-state index >= 15 is 0 Å². The van der Waals surface area contributed by atoms with Crippen molar-refractivity contribution < 1.29 is 13.2 Å². The molecule has 122 valence electrons. The number of hydrogen-bond acceptors (Lipinski definition) is 5. The first-order valence-corrected chi connectivity index (χ1v) is 9.04. The lowest BCUT2D eigenvalue weighted by molar-refractivity contribution is 0.163. The number of ether oxygens (including phenoxy) is 1. The number of aromatic nitrogens is 1. The Bertz CT molecular complexity index is 744. The number of anilines is 1. The molecule has 0 spiro atoms. The molecule has 2 N–H and O–H groups in total. The molecule has 0 amide bonds. The molecule has 0 bridgehead atoms. The summed E-state index contributed by atoms with van der Waals surface area (Å²) in [5.41, 5.74) is 0.427. The molecule has 6 nitrogen and oxygen atoms in total. The van der Waals surface area contributed by atoms with Crippen molar-refractivity contribution in [1.82, 2.24) is 10.3 Å². The SMILES string of the molecule is O=S(=O)(Nc1ccccc1OC1CCNCC1)c1ccccn1. The number of nitrogens with one attached hydrogen (secondary N) is 2. The van der Waals surface area contributed by atoms with E-state index in [1.165, 1.54) is 12.3 Å². The topological polar surface area (TPSA) is 80.3 Å². The highest BCUT2D eigenvalue weighted by molar-refractivity contribution is 7.92. The van der Waals surface area contributed by atoms with Crippen molar-refractivity contribution >= 4 is 15.7 Å². The standard InChI is InChI=1S/C16H19N3O3S/c20-23(21,16-7-3-4-10-18-16)19-14-5-1-2-6-15(14)22-13-8-11-17-12-9-13/h1-7,10,13,17,19H,8-9,11-12H2. The zero-order chi connectivity index (χ0) is 16.1. The quantitative estimate of drug-likeness (QED) is 0.875. The molecule has 1 aliphatic rings. The molecule has 0 radical (unpaired) electrons. The van der Waals surface area contributed by atoms with E-state index in [0.29, 0.717) is 11.4 Å². The number of sulfonamides is 1. The molecule has 1 saturated heterocycles. The van der Waals surface area contributed by atoms with E-state index in [4.69, 9.17) is 4.74 Å². The molecular formula is C16H19N3O3S. The molecule has 0 saturated carbocycles. The maximum absolute atomic E-state index is 12.4. The Morgan fingerprint density at radius 2 is 1.83 bits per heavy atom. The van der Waals surface area contributed by atoms with Crippen LogP contribution in [0.4, 0.5) is 5.69 Å². The zero-order valence-electron chi connectivity index (χ0n) is 12.6. The molecule has 0 aliphatic carbocycles. The number of pyridine rings is 1. The van der Waals surface area contributed by atoms with Gasteiger partial charge in [-0.3, -0.25) is 4.72 Å². The van der Waals surface area contributed by atoms with Crippen LogP contribution in [0.15, 0.2) is 53.7 Å². The Kier molecular flexibility index (Phi) is 4.78. The van der Waals surface area contributed by atoms with Gasteiger partial charge in [-0.15, -0.1) is 0 Å². The number of para-hydroxylation sites is 2. The van der Waals surface area contributed by atoms with Gasteiger partial charge in [0, 0.05) is 6.20 Å². The van der Waals surface area contributed by atoms with Crippen LogP contribution in [0.1, 0.15) is 12.8 Å². The third-order valence-corrected chi connectivity index (χ3v) is 4.91. The Morgan fingerprint density at radius 3 is 2.57 bits per heavy atom. The van der Waals surface area contributed by atoms with Crippen molar-refractivity contribution in [2.75, 3.05) is 17.8 Å². The minimum Gasteiger partial charge on any atom is -0.488 e. The van der Waals surface area contributed by atoms with E-state index in [1.54, 1.807) is 30.3 Å². The molecule has 2 heterocycles. The van der Waals surface area contributed by atoms with E-state index in [0.717, 1.165) is 25.9 Å². The maximum atomic E-state index is 12.4. The molecule has 0 atom stereocenters. The average molecular weight is 333 g/mol. The zero-order valence-corrected chi connectivity index (χ0v) is 13.4. The van der Waals surface area contributed by atoms with E-state index in [-0.39, 0.29) is 11.1 Å². The molecule has 3 rings (SSSR count). The molecule has 0 unspecified atom stereocenters. The fourth-order valence-electron chi connectivity index (χ4n) is 2.45. The van der Waals surface area contributed by atoms with Gasteiger partial charge < -0.3 is 10.1 Å². The summed E-state index contributed by atoms with van der Waals surface area (Å²) in [6, 6.07) is 11.8. The summed E-state index contributed by atoms with van der Waals surface area (Å²) in [7, 11) is -3.73. The van der Waals surface area contributed by atoms with Gasteiger partial charge in [-0.2, -0.15) is 8.42 Å². The van der Waals surface area contributed by atoms with Crippen LogP contribution < -0.4 is 14.8 Å². The van der Waals surface area contributed by atoms with Gasteiger partial charge >= 0.3 is 0 Å². The number of piperidine rings is 1. The second-order valence-electron chi connectivity index (χ2n) is 5.34. The lowest BCUT2D eigenvalue weighted by Gasteiger charge is -2.25.